The summed E-state index contributed by atoms with van der Waals surface area (Å²) in [6.45, 7) is 4.22. The second-order valence-electron chi connectivity index (χ2n) is 5.17. The maximum absolute atomic E-state index is 10.3. The van der Waals surface area contributed by atoms with Gasteiger partial charge in [0.25, 0.3) is 0 Å². The molecule has 1 aliphatic rings. The van der Waals surface area contributed by atoms with Gasteiger partial charge in [-0.3, -0.25) is 0 Å². The molecular weight excluding hydrogens is 354 g/mol. The van der Waals surface area contributed by atoms with E-state index < -0.39 is 5.60 Å². The summed E-state index contributed by atoms with van der Waals surface area (Å²) < 4.78 is 6.85. The van der Waals surface area contributed by atoms with E-state index in [1.54, 1.807) is 6.92 Å². The highest BCUT2D eigenvalue weighted by Crippen LogP contribution is 2.50. The number of aromatic hydroxyl groups is 1. The van der Waals surface area contributed by atoms with E-state index in [1.807, 2.05) is 24.3 Å². The summed E-state index contributed by atoms with van der Waals surface area (Å²) in [5.41, 5.74) is 2.74. The molecule has 1 atom stereocenters. The van der Waals surface area contributed by atoms with Gasteiger partial charge >= 0.3 is 0 Å². The molecule has 0 aliphatic carbocycles. The van der Waals surface area contributed by atoms with Gasteiger partial charge in [0.1, 0.15) is 16.0 Å². The van der Waals surface area contributed by atoms with Crippen LogP contribution in [0.4, 0.5) is 0 Å². The summed E-state index contributed by atoms with van der Waals surface area (Å²) in [6.07, 6.45) is 0.740. The van der Waals surface area contributed by atoms with E-state index in [0.717, 1.165) is 27.7 Å². The minimum Gasteiger partial charge on any atom is -0.506 e. The van der Waals surface area contributed by atoms with Gasteiger partial charge in [0.15, 0.2) is 0 Å². The van der Waals surface area contributed by atoms with Gasteiger partial charge in [-0.25, -0.2) is 4.98 Å². The number of aryl methyl sites for hydroxylation is 1. The van der Waals surface area contributed by atoms with Gasteiger partial charge in [-0.2, -0.15) is 0 Å². The van der Waals surface area contributed by atoms with Crippen molar-refractivity contribution in [3.8, 4) is 5.75 Å². The molecule has 0 radical (unpaired) electrons. The largest absolute Gasteiger partial charge is 0.506 e. The minimum atomic E-state index is -0.600. The first-order valence-electron chi connectivity index (χ1n) is 6.78. The van der Waals surface area contributed by atoms with E-state index in [9.17, 15) is 5.11 Å². The molecule has 1 aliphatic heterocycles. The molecule has 1 unspecified atom stereocenters. The number of rotatable bonds is 2. The van der Waals surface area contributed by atoms with E-state index >= 15 is 0 Å². The summed E-state index contributed by atoms with van der Waals surface area (Å²) in [6, 6.07) is 7.63. The first-order valence-corrected chi connectivity index (χ1v) is 7.95. The second kappa shape index (κ2) is 5.27. The predicted molar refractivity (Wildman–Crippen MR) is 85.7 cm³/mol. The number of hydrogen-bond acceptors (Lipinski definition) is 3. The fourth-order valence-electron chi connectivity index (χ4n) is 2.97. The SMILES string of the molecule is CCC1(c2ccc(Cl)cc2)OCc2c(O)c(C)nc(Br)c21. The summed E-state index contributed by atoms with van der Waals surface area (Å²) in [5.74, 6) is 0.220. The van der Waals surface area contributed by atoms with E-state index in [1.165, 1.54) is 0 Å². The molecule has 1 N–H and O–H groups in total. The smallest absolute Gasteiger partial charge is 0.142 e. The molecule has 0 saturated heterocycles. The Hall–Kier alpha value is -1.10. The van der Waals surface area contributed by atoms with Crippen LogP contribution in [0.3, 0.4) is 0 Å². The molecule has 1 aromatic carbocycles. The Balaban J connectivity index is 2.25. The van der Waals surface area contributed by atoms with Crippen LogP contribution in [-0.2, 0) is 16.9 Å². The van der Waals surface area contributed by atoms with Crippen molar-refractivity contribution in [1.29, 1.82) is 0 Å². The van der Waals surface area contributed by atoms with Crippen LogP contribution < -0.4 is 0 Å². The zero-order chi connectivity index (χ0) is 15.2. The molecule has 0 fully saturated rings. The molecule has 0 amide bonds. The fraction of sp³-hybridized carbons (Fsp3) is 0.312. The van der Waals surface area contributed by atoms with Crippen LogP contribution in [0.15, 0.2) is 28.9 Å². The molecule has 2 aromatic rings. The van der Waals surface area contributed by atoms with Crippen molar-refractivity contribution in [2.45, 2.75) is 32.5 Å². The van der Waals surface area contributed by atoms with Gasteiger partial charge in [-0.15, -0.1) is 0 Å². The normalized spacial score (nSPS) is 20.6. The molecule has 110 valence electrons. The van der Waals surface area contributed by atoms with Crippen molar-refractivity contribution in [2.24, 2.45) is 0 Å². The Morgan fingerprint density at radius 2 is 2.05 bits per heavy atom. The molecule has 1 aromatic heterocycles. The lowest BCUT2D eigenvalue weighted by Crippen LogP contribution is -2.26. The quantitative estimate of drug-likeness (QED) is 0.782. The zero-order valence-electron chi connectivity index (χ0n) is 11.8. The average molecular weight is 369 g/mol. The molecule has 3 nitrogen and oxygen atoms in total. The summed E-state index contributed by atoms with van der Waals surface area (Å²) in [4.78, 5) is 4.39. The van der Waals surface area contributed by atoms with Crippen molar-refractivity contribution >= 4 is 27.5 Å². The number of fused-ring (bicyclic) bond motifs is 1. The van der Waals surface area contributed by atoms with Gasteiger partial charge in [0, 0.05) is 16.1 Å². The highest BCUT2D eigenvalue weighted by molar-refractivity contribution is 9.10. The van der Waals surface area contributed by atoms with Crippen LogP contribution in [0.2, 0.25) is 5.02 Å². The maximum Gasteiger partial charge on any atom is 0.142 e. The molecule has 21 heavy (non-hydrogen) atoms. The lowest BCUT2D eigenvalue weighted by atomic mass is 9.84. The highest BCUT2D eigenvalue weighted by Gasteiger charge is 2.44. The average Bonchev–Trinajstić information content (AvgIpc) is 2.87. The fourth-order valence-corrected chi connectivity index (χ4v) is 3.92. The lowest BCUT2D eigenvalue weighted by Gasteiger charge is -2.29. The monoisotopic (exact) mass is 367 g/mol. The molecule has 0 spiro atoms. The molecule has 0 saturated carbocycles. The van der Waals surface area contributed by atoms with Crippen LogP contribution >= 0.6 is 27.5 Å². The van der Waals surface area contributed by atoms with Crippen molar-refractivity contribution in [3.05, 3.63) is 56.3 Å². The van der Waals surface area contributed by atoms with Gasteiger partial charge in [0.05, 0.1) is 12.3 Å². The number of halogens is 2. The first-order chi connectivity index (χ1) is 9.99. The van der Waals surface area contributed by atoms with Gasteiger partial charge < -0.3 is 9.84 Å². The molecule has 3 rings (SSSR count). The van der Waals surface area contributed by atoms with Crippen LogP contribution in [0.5, 0.6) is 5.75 Å². The third-order valence-corrected chi connectivity index (χ3v) is 4.90. The summed E-state index contributed by atoms with van der Waals surface area (Å²) in [7, 11) is 0. The van der Waals surface area contributed by atoms with Crippen molar-refractivity contribution in [2.75, 3.05) is 0 Å². The molecule has 0 bridgehead atoms. The van der Waals surface area contributed by atoms with Crippen LogP contribution in [-0.4, -0.2) is 10.1 Å². The molecule has 2 heterocycles. The standard InChI is InChI=1S/C16H15BrClNO2/c1-3-16(10-4-6-11(18)7-5-10)13-12(8-21-16)14(20)9(2)19-15(13)17/h4-7,20H,3,8H2,1-2H3. The Kier molecular flexibility index (Phi) is 3.72. The third-order valence-electron chi connectivity index (χ3n) is 4.08. The van der Waals surface area contributed by atoms with Gasteiger partial charge in [-0.05, 0) is 47.0 Å². The Labute approximate surface area is 137 Å². The van der Waals surface area contributed by atoms with Crippen molar-refractivity contribution in [3.63, 3.8) is 0 Å². The van der Waals surface area contributed by atoms with Crippen LogP contribution in [0, 0.1) is 6.92 Å². The highest BCUT2D eigenvalue weighted by atomic mass is 79.9. The number of pyridine rings is 1. The molecular formula is C16H15BrClNO2. The van der Waals surface area contributed by atoms with Crippen molar-refractivity contribution < 1.29 is 9.84 Å². The predicted octanol–water partition coefficient (Wildman–Crippen LogP) is 4.70. The molecule has 5 heteroatoms. The topological polar surface area (TPSA) is 42.4 Å². The number of aromatic nitrogens is 1. The van der Waals surface area contributed by atoms with E-state index in [0.29, 0.717) is 17.3 Å². The van der Waals surface area contributed by atoms with Gasteiger partial charge in [0.2, 0.25) is 0 Å². The third kappa shape index (κ3) is 2.17. The van der Waals surface area contributed by atoms with E-state index in [-0.39, 0.29) is 5.75 Å². The van der Waals surface area contributed by atoms with E-state index in [4.69, 9.17) is 16.3 Å². The minimum absolute atomic E-state index is 0.220. The number of benzene rings is 1. The van der Waals surface area contributed by atoms with Gasteiger partial charge in [-0.1, -0.05) is 30.7 Å². The Morgan fingerprint density at radius 1 is 1.38 bits per heavy atom. The first kappa shape index (κ1) is 14.8. The number of hydrogen-bond donors (Lipinski definition) is 1. The second-order valence-corrected chi connectivity index (χ2v) is 6.35. The number of nitrogens with zero attached hydrogens (tertiary/aromatic N) is 1. The Bertz CT molecular complexity index is 702. The Morgan fingerprint density at radius 3 is 2.67 bits per heavy atom. The number of ether oxygens (including phenoxy) is 1. The van der Waals surface area contributed by atoms with E-state index in [2.05, 4.69) is 27.8 Å². The maximum atomic E-state index is 10.3. The summed E-state index contributed by atoms with van der Waals surface area (Å²) >= 11 is 9.51. The van der Waals surface area contributed by atoms with Crippen LogP contribution in [0.1, 0.15) is 35.7 Å². The zero-order valence-corrected chi connectivity index (χ0v) is 14.1. The van der Waals surface area contributed by atoms with Crippen LogP contribution in [0.25, 0.3) is 0 Å². The lowest BCUT2D eigenvalue weighted by molar-refractivity contribution is -0.00873. The summed E-state index contributed by atoms with van der Waals surface area (Å²) in [5, 5.41) is 11.0. The van der Waals surface area contributed by atoms with Crippen molar-refractivity contribution in [1.82, 2.24) is 4.98 Å².